The Morgan fingerprint density at radius 1 is 1.17 bits per heavy atom. The highest BCUT2D eigenvalue weighted by Gasteiger charge is 2.47. The molecule has 0 unspecified atom stereocenters. The molecule has 0 bridgehead atoms. The summed E-state index contributed by atoms with van der Waals surface area (Å²) in [4.78, 5) is 33.9. The molecule has 2 heterocycles. The van der Waals surface area contributed by atoms with E-state index >= 15 is 0 Å². The van der Waals surface area contributed by atoms with Gasteiger partial charge in [-0.3, -0.25) is 4.90 Å². The summed E-state index contributed by atoms with van der Waals surface area (Å²) in [7, 11) is -4.06. The smallest absolute Gasteiger partial charge is 0.393 e. The molecule has 0 saturated carbocycles. The molecular formula is C27H24F3N5O5S. The highest BCUT2D eigenvalue weighted by atomic mass is 32.2. The number of nitriles is 1. The molecule has 1 fully saturated rings. The zero-order chi connectivity index (χ0) is 30.3. The fourth-order valence-corrected chi connectivity index (χ4v) is 5.85. The summed E-state index contributed by atoms with van der Waals surface area (Å²) in [5, 5.41) is 19.3. The van der Waals surface area contributed by atoms with Crippen molar-refractivity contribution in [1.82, 2.24) is 9.80 Å². The van der Waals surface area contributed by atoms with Crippen LogP contribution >= 0.6 is 0 Å². The summed E-state index contributed by atoms with van der Waals surface area (Å²) in [6, 6.07) is 5.68. The van der Waals surface area contributed by atoms with Crippen molar-refractivity contribution >= 4 is 27.6 Å². The Balaban J connectivity index is 1.99. The van der Waals surface area contributed by atoms with Gasteiger partial charge in [0, 0.05) is 30.7 Å². The molecule has 0 spiro atoms. The molecule has 10 nitrogen and oxygen atoms in total. The normalized spacial score (nSPS) is 18.8. The molecule has 41 heavy (non-hydrogen) atoms. The molecule has 2 aromatic carbocycles. The Labute approximate surface area is 234 Å². The molecule has 14 heteroatoms. The Kier molecular flexibility index (Phi) is 7.85. The van der Waals surface area contributed by atoms with E-state index in [1.807, 2.05) is 6.07 Å². The van der Waals surface area contributed by atoms with Gasteiger partial charge in [-0.2, -0.15) is 18.4 Å². The first-order chi connectivity index (χ1) is 19.2. The highest BCUT2D eigenvalue weighted by Crippen LogP contribution is 2.43. The van der Waals surface area contributed by atoms with Gasteiger partial charge >= 0.3 is 18.2 Å². The van der Waals surface area contributed by atoms with E-state index in [2.05, 4.69) is 4.85 Å². The predicted molar refractivity (Wildman–Crippen MR) is 140 cm³/mol. The number of imide groups is 1. The lowest BCUT2D eigenvalue weighted by molar-refractivity contribution is -0.137. The van der Waals surface area contributed by atoms with Crippen LogP contribution in [0.1, 0.15) is 42.5 Å². The van der Waals surface area contributed by atoms with Gasteiger partial charge in [-0.15, -0.1) is 0 Å². The molecule has 4 amide bonds. The second-order valence-corrected chi connectivity index (χ2v) is 11.6. The molecule has 1 N–H and O–H groups in total. The Morgan fingerprint density at radius 2 is 1.83 bits per heavy atom. The number of benzene rings is 2. The maximum atomic E-state index is 14.1. The van der Waals surface area contributed by atoms with Gasteiger partial charge in [-0.05, 0) is 55.7 Å². The summed E-state index contributed by atoms with van der Waals surface area (Å²) in [5.74, 6) is 0. The van der Waals surface area contributed by atoms with Gasteiger partial charge < -0.3 is 10.0 Å². The maximum Gasteiger partial charge on any atom is 0.416 e. The summed E-state index contributed by atoms with van der Waals surface area (Å²) < 4.78 is 66.2. The number of carbonyl (C=O) groups excluding carboxylic acids is 2. The van der Waals surface area contributed by atoms with E-state index < -0.39 is 45.8 Å². The van der Waals surface area contributed by atoms with Gasteiger partial charge in [0.05, 0.1) is 34.8 Å². The van der Waals surface area contributed by atoms with E-state index in [0.29, 0.717) is 11.0 Å². The number of likely N-dealkylation sites (tertiary alicyclic amines) is 1. The second kappa shape index (κ2) is 10.9. The van der Waals surface area contributed by atoms with Crippen LogP contribution in [0.5, 0.6) is 0 Å². The Bertz CT molecular complexity index is 1630. The lowest BCUT2D eigenvalue weighted by Gasteiger charge is -2.43. The summed E-state index contributed by atoms with van der Waals surface area (Å²) in [5.41, 5.74) is -1.83. The van der Waals surface area contributed by atoms with Crippen LogP contribution in [0.25, 0.3) is 4.85 Å². The molecule has 214 valence electrons. The van der Waals surface area contributed by atoms with E-state index in [0.717, 1.165) is 29.4 Å². The third-order valence-corrected chi connectivity index (χ3v) is 8.10. The van der Waals surface area contributed by atoms with Crippen molar-refractivity contribution in [3.63, 3.8) is 0 Å². The number of halogens is 3. The zero-order valence-corrected chi connectivity index (χ0v) is 22.7. The molecule has 1 saturated heterocycles. The molecule has 1 atom stereocenters. The number of carbonyl (C=O) groups is 2. The largest absolute Gasteiger partial charge is 0.416 e. The van der Waals surface area contributed by atoms with Crippen molar-refractivity contribution in [2.75, 3.05) is 24.2 Å². The van der Waals surface area contributed by atoms with Crippen molar-refractivity contribution in [1.29, 1.82) is 5.26 Å². The van der Waals surface area contributed by atoms with Crippen molar-refractivity contribution in [2.24, 2.45) is 0 Å². The highest BCUT2D eigenvalue weighted by molar-refractivity contribution is 7.90. The van der Waals surface area contributed by atoms with Gasteiger partial charge in [0.15, 0.2) is 9.84 Å². The second-order valence-electron chi connectivity index (χ2n) is 9.66. The van der Waals surface area contributed by atoms with Crippen LogP contribution in [-0.2, 0) is 16.0 Å². The number of hydrogen-bond donors (Lipinski definition) is 1. The number of sulfone groups is 1. The number of allylic oxidation sites excluding steroid dienone is 1. The first-order valence-corrected chi connectivity index (χ1v) is 14.2. The molecular weight excluding hydrogens is 563 g/mol. The SMILES string of the molecule is [C-]#[N+]C1=C(C)N(c2cccc(C(F)(F)F)c2)C(=O)N(C(=O)N2CCC(O)CC2)[C@@H]1c1ccc(C#N)cc1S(C)(=O)=O. The van der Waals surface area contributed by atoms with Crippen LogP contribution in [-0.4, -0.2) is 60.8 Å². The standard InChI is InChI=1S/C27H24F3N5O5S/c1-16-23(32-2)24(21-8-7-17(15-31)13-22(21)41(3,39)40)35(25(37)33-11-9-20(36)10-12-33)26(38)34(16)19-6-4-5-18(14-19)27(28,29)30/h4-8,13-14,20,24,36H,9-12H2,1,3H3/t24-/m1/s1. The molecule has 0 aromatic heterocycles. The van der Waals surface area contributed by atoms with Gasteiger partial charge in [-0.25, -0.2) is 27.8 Å². The van der Waals surface area contributed by atoms with E-state index in [1.54, 1.807) is 0 Å². The van der Waals surface area contributed by atoms with Crippen molar-refractivity contribution in [3.05, 3.63) is 82.0 Å². The fourth-order valence-electron chi connectivity index (χ4n) is 4.90. The molecule has 0 radical (unpaired) electrons. The van der Waals surface area contributed by atoms with Gasteiger partial charge in [0.25, 0.3) is 0 Å². The van der Waals surface area contributed by atoms with E-state index in [1.165, 1.54) is 30.0 Å². The quantitative estimate of drug-likeness (QED) is 0.520. The van der Waals surface area contributed by atoms with Crippen LogP contribution in [0, 0.1) is 17.9 Å². The summed E-state index contributed by atoms with van der Waals surface area (Å²) >= 11 is 0. The summed E-state index contributed by atoms with van der Waals surface area (Å²) in [6.45, 7) is 9.35. The number of anilines is 1. The number of rotatable bonds is 3. The minimum atomic E-state index is -4.74. The average molecular weight is 588 g/mol. The fraction of sp³-hybridized carbons (Fsp3) is 0.333. The van der Waals surface area contributed by atoms with Gasteiger partial charge in [-0.1, -0.05) is 12.1 Å². The number of aliphatic hydroxyl groups is 1. The monoisotopic (exact) mass is 587 g/mol. The lowest BCUT2D eigenvalue weighted by Crippen LogP contribution is -2.57. The predicted octanol–water partition coefficient (Wildman–Crippen LogP) is 4.69. The lowest BCUT2D eigenvalue weighted by atomic mass is 9.97. The van der Waals surface area contributed by atoms with Gasteiger partial charge in [0.2, 0.25) is 5.70 Å². The molecule has 4 rings (SSSR count). The van der Waals surface area contributed by atoms with E-state index in [4.69, 9.17) is 6.57 Å². The maximum absolute atomic E-state index is 14.1. The van der Waals surface area contributed by atoms with Crippen LogP contribution < -0.4 is 4.90 Å². The minimum absolute atomic E-state index is 0.0186. The third-order valence-electron chi connectivity index (χ3n) is 6.95. The number of amides is 4. The first kappa shape index (κ1) is 29.6. The summed E-state index contributed by atoms with van der Waals surface area (Å²) in [6.07, 6.45) is -4.14. The Hall–Kier alpha value is -4.40. The number of piperidine rings is 1. The van der Waals surface area contributed by atoms with Crippen LogP contribution in [0.2, 0.25) is 0 Å². The Morgan fingerprint density at radius 3 is 2.39 bits per heavy atom. The number of aliphatic hydroxyl groups excluding tert-OH is 1. The van der Waals surface area contributed by atoms with Crippen molar-refractivity contribution in [3.8, 4) is 6.07 Å². The van der Waals surface area contributed by atoms with Crippen LogP contribution in [0.15, 0.2) is 58.8 Å². The number of urea groups is 2. The molecule has 2 aliphatic heterocycles. The van der Waals surface area contributed by atoms with Crippen LogP contribution in [0.4, 0.5) is 28.4 Å². The third kappa shape index (κ3) is 5.62. The zero-order valence-electron chi connectivity index (χ0n) is 21.9. The number of alkyl halides is 3. The minimum Gasteiger partial charge on any atom is -0.393 e. The number of nitrogens with zero attached hydrogens (tertiary/aromatic N) is 5. The van der Waals surface area contributed by atoms with Crippen molar-refractivity contribution in [2.45, 2.75) is 43.0 Å². The van der Waals surface area contributed by atoms with Crippen LogP contribution in [0.3, 0.4) is 0 Å². The van der Waals surface area contributed by atoms with Gasteiger partial charge in [0.1, 0.15) is 6.04 Å². The molecule has 0 aliphatic carbocycles. The number of hydrogen-bond acceptors (Lipinski definition) is 6. The average Bonchev–Trinajstić information content (AvgIpc) is 2.92. The first-order valence-electron chi connectivity index (χ1n) is 12.3. The van der Waals surface area contributed by atoms with E-state index in [-0.39, 0.29) is 59.0 Å². The van der Waals surface area contributed by atoms with E-state index in [9.17, 15) is 41.5 Å². The van der Waals surface area contributed by atoms with Crippen molar-refractivity contribution < 1.29 is 36.3 Å². The molecule has 2 aromatic rings. The molecule has 2 aliphatic rings. The topological polar surface area (TPSA) is 126 Å².